The predicted molar refractivity (Wildman–Crippen MR) is 106 cm³/mol. The lowest BCUT2D eigenvalue weighted by atomic mass is 9.86. The number of benzene rings is 1. The molecule has 2 rings (SSSR count). The zero-order chi connectivity index (χ0) is 14.9. The summed E-state index contributed by atoms with van der Waals surface area (Å²) in [7, 11) is 2.14. The Morgan fingerprint density at radius 2 is 2.00 bits per heavy atom. The third-order valence-corrected chi connectivity index (χ3v) is 4.17. The maximum atomic E-state index is 5.86. The molecule has 1 aliphatic carbocycles. The summed E-state index contributed by atoms with van der Waals surface area (Å²) in [6.07, 6.45) is 6.26. The highest BCUT2D eigenvalue weighted by atomic mass is 127. The monoisotopic (exact) mass is 416 g/mol. The van der Waals surface area contributed by atoms with Gasteiger partial charge in [0, 0.05) is 32.4 Å². The van der Waals surface area contributed by atoms with Crippen LogP contribution in [-0.2, 0) is 0 Å². The molecular formula is C17H29IN4. The van der Waals surface area contributed by atoms with Crippen LogP contribution in [0.3, 0.4) is 0 Å². The van der Waals surface area contributed by atoms with Crippen molar-refractivity contribution < 1.29 is 0 Å². The van der Waals surface area contributed by atoms with Crippen LogP contribution in [0, 0.1) is 5.92 Å². The fourth-order valence-electron chi connectivity index (χ4n) is 2.46. The molecule has 22 heavy (non-hydrogen) atoms. The number of guanidine groups is 1. The molecule has 0 aromatic heterocycles. The van der Waals surface area contributed by atoms with E-state index in [1.54, 1.807) is 0 Å². The van der Waals surface area contributed by atoms with E-state index in [4.69, 9.17) is 5.73 Å². The molecule has 1 fully saturated rings. The van der Waals surface area contributed by atoms with Crippen molar-refractivity contribution >= 4 is 35.6 Å². The highest BCUT2D eigenvalue weighted by molar-refractivity contribution is 14.0. The van der Waals surface area contributed by atoms with Gasteiger partial charge in [0.2, 0.25) is 0 Å². The molecule has 1 aromatic rings. The number of nitrogens with zero attached hydrogens (tertiary/aromatic N) is 2. The fourth-order valence-corrected chi connectivity index (χ4v) is 2.46. The van der Waals surface area contributed by atoms with Crippen LogP contribution < -0.4 is 16.0 Å². The van der Waals surface area contributed by atoms with Crippen molar-refractivity contribution in [3.8, 4) is 0 Å². The maximum Gasteiger partial charge on any atom is 0.188 e. The van der Waals surface area contributed by atoms with Crippen LogP contribution in [0.4, 0.5) is 5.69 Å². The van der Waals surface area contributed by atoms with E-state index in [-0.39, 0.29) is 24.0 Å². The molecule has 0 aliphatic heterocycles. The average Bonchev–Trinajstić information content (AvgIpc) is 2.46. The van der Waals surface area contributed by atoms with Crippen molar-refractivity contribution in [2.75, 3.05) is 31.6 Å². The number of unbranched alkanes of at least 4 members (excludes halogenated alkanes) is 1. The van der Waals surface area contributed by atoms with Crippen LogP contribution in [0.1, 0.15) is 32.1 Å². The smallest absolute Gasteiger partial charge is 0.188 e. The van der Waals surface area contributed by atoms with Gasteiger partial charge in [-0.2, -0.15) is 0 Å². The minimum atomic E-state index is 0. The summed E-state index contributed by atoms with van der Waals surface area (Å²) >= 11 is 0. The zero-order valence-corrected chi connectivity index (χ0v) is 15.8. The summed E-state index contributed by atoms with van der Waals surface area (Å²) in [5.41, 5.74) is 7.13. The molecule has 4 nitrogen and oxygen atoms in total. The molecular weight excluding hydrogens is 387 g/mol. The lowest BCUT2D eigenvalue weighted by Gasteiger charge is -2.23. The molecule has 0 amide bonds. The second kappa shape index (κ2) is 10.7. The van der Waals surface area contributed by atoms with E-state index in [0.717, 1.165) is 38.4 Å². The molecule has 5 heteroatoms. The van der Waals surface area contributed by atoms with Crippen molar-refractivity contribution in [1.82, 2.24) is 5.32 Å². The Kier molecular flexibility index (Phi) is 9.27. The number of nitrogens with two attached hydrogens (primary N) is 1. The summed E-state index contributed by atoms with van der Waals surface area (Å²) in [5, 5.41) is 3.21. The van der Waals surface area contributed by atoms with Crippen LogP contribution in [0.5, 0.6) is 0 Å². The molecule has 0 saturated heterocycles. The van der Waals surface area contributed by atoms with Gasteiger partial charge in [0.05, 0.1) is 0 Å². The minimum Gasteiger partial charge on any atom is -0.375 e. The van der Waals surface area contributed by atoms with Gasteiger partial charge in [0.25, 0.3) is 0 Å². The Labute approximate surface area is 151 Å². The first kappa shape index (κ1) is 19.1. The van der Waals surface area contributed by atoms with Crippen LogP contribution in [-0.4, -0.2) is 32.6 Å². The molecule has 124 valence electrons. The average molecular weight is 416 g/mol. The Morgan fingerprint density at radius 1 is 1.27 bits per heavy atom. The van der Waals surface area contributed by atoms with Gasteiger partial charge in [-0.15, -0.1) is 24.0 Å². The molecule has 0 radical (unpaired) electrons. The van der Waals surface area contributed by atoms with Crippen molar-refractivity contribution in [3.63, 3.8) is 0 Å². The second-order valence-electron chi connectivity index (χ2n) is 5.91. The number of para-hydroxylation sites is 1. The maximum absolute atomic E-state index is 5.86. The largest absolute Gasteiger partial charge is 0.375 e. The number of aliphatic imine (C=N–C) groups is 1. The van der Waals surface area contributed by atoms with Crippen LogP contribution in [0.2, 0.25) is 0 Å². The normalized spacial score (nSPS) is 14.9. The minimum absolute atomic E-state index is 0. The molecule has 1 aromatic carbocycles. The Balaban J connectivity index is 0.00000242. The Bertz CT molecular complexity index is 432. The van der Waals surface area contributed by atoms with Crippen molar-refractivity contribution in [2.24, 2.45) is 16.6 Å². The number of halogens is 1. The van der Waals surface area contributed by atoms with Gasteiger partial charge in [0.1, 0.15) is 0 Å². The molecule has 1 aliphatic rings. The number of anilines is 1. The van der Waals surface area contributed by atoms with Gasteiger partial charge in [-0.1, -0.05) is 24.6 Å². The molecule has 0 heterocycles. The summed E-state index contributed by atoms with van der Waals surface area (Å²) in [5.74, 6) is 1.39. The van der Waals surface area contributed by atoms with E-state index in [0.29, 0.717) is 5.96 Å². The summed E-state index contributed by atoms with van der Waals surface area (Å²) in [4.78, 5) is 6.69. The van der Waals surface area contributed by atoms with E-state index in [1.165, 1.54) is 24.9 Å². The topological polar surface area (TPSA) is 53.6 Å². The van der Waals surface area contributed by atoms with Crippen LogP contribution >= 0.6 is 24.0 Å². The highest BCUT2D eigenvalue weighted by Gasteiger charge is 2.16. The van der Waals surface area contributed by atoms with E-state index < -0.39 is 0 Å². The zero-order valence-electron chi connectivity index (χ0n) is 13.5. The van der Waals surface area contributed by atoms with Crippen LogP contribution in [0.15, 0.2) is 35.3 Å². The second-order valence-corrected chi connectivity index (χ2v) is 5.91. The SMILES string of the molecule is CN(CCCCNC(N)=NCC1CCC1)c1ccccc1.I. The first-order chi connectivity index (χ1) is 10.3. The fraction of sp³-hybridized carbons (Fsp3) is 0.588. The lowest BCUT2D eigenvalue weighted by Crippen LogP contribution is -2.33. The summed E-state index contributed by atoms with van der Waals surface area (Å²) in [6, 6.07) is 10.5. The van der Waals surface area contributed by atoms with E-state index >= 15 is 0 Å². The number of hydrogen-bond acceptors (Lipinski definition) is 2. The van der Waals surface area contributed by atoms with Crippen molar-refractivity contribution in [3.05, 3.63) is 30.3 Å². The van der Waals surface area contributed by atoms with E-state index in [9.17, 15) is 0 Å². The van der Waals surface area contributed by atoms with E-state index in [2.05, 4.69) is 46.5 Å². The van der Waals surface area contributed by atoms with Crippen LogP contribution in [0.25, 0.3) is 0 Å². The molecule has 0 spiro atoms. The molecule has 3 N–H and O–H groups in total. The summed E-state index contributed by atoms with van der Waals surface area (Å²) in [6.45, 7) is 2.86. The van der Waals surface area contributed by atoms with Gasteiger partial charge in [-0.25, -0.2) is 0 Å². The van der Waals surface area contributed by atoms with Crippen molar-refractivity contribution in [1.29, 1.82) is 0 Å². The van der Waals surface area contributed by atoms with Gasteiger partial charge in [-0.3, -0.25) is 4.99 Å². The number of nitrogens with one attached hydrogen (secondary N) is 1. The Hall–Kier alpha value is -0.980. The van der Waals surface area contributed by atoms with Gasteiger partial charge in [0.15, 0.2) is 5.96 Å². The first-order valence-corrected chi connectivity index (χ1v) is 8.05. The molecule has 0 bridgehead atoms. The molecule has 0 atom stereocenters. The molecule has 0 unspecified atom stereocenters. The van der Waals surface area contributed by atoms with Gasteiger partial charge < -0.3 is 16.0 Å². The Morgan fingerprint density at radius 3 is 2.64 bits per heavy atom. The first-order valence-electron chi connectivity index (χ1n) is 8.05. The summed E-state index contributed by atoms with van der Waals surface area (Å²) < 4.78 is 0. The van der Waals surface area contributed by atoms with Gasteiger partial charge in [-0.05, 0) is 43.7 Å². The van der Waals surface area contributed by atoms with Crippen molar-refractivity contribution in [2.45, 2.75) is 32.1 Å². The van der Waals surface area contributed by atoms with E-state index in [1.807, 2.05) is 6.07 Å². The number of rotatable bonds is 8. The number of hydrogen-bond donors (Lipinski definition) is 2. The molecule has 1 saturated carbocycles. The quantitative estimate of drug-likeness (QED) is 0.296. The lowest BCUT2D eigenvalue weighted by molar-refractivity contribution is 0.326. The highest BCUT2D eigenvalue weighted by Crippen LogP contribution is 2.26. The predicted octanol–water partition coefficient (Wildman–Crippen LogP) is 3.23. The third-order valence-electron chi connectivity index (χ3n) is 4.17. The van der Waals surface area contributed by atoms with Gasteiger partial charge >= 0.3 is 0 Å². The third kappa shape index (κ3) is 6.85. The standard InChI is InChI=1S/C17H28N4.HI/c1-21(16-10-3-2-4-11-16)13-6-5-12-19-17(18)20-14-15-8-7-9-15;/h2-4,10-11,15H,5-9,12-14H2,1H3,(H3,18,19,20);1H.